The van der Waals surface area contributed by atoms with Gasteiger partial charge in [0, 0.05) is 16.7 Å². The van der Waals surface area contributed by atoms with Crippen LogP contribution in [0, 0.1) is 0 Å². The van der Waals surface area contributed by atoms with E-state index in [-0.39, 0.29) is 11.4 Å². The van der Waals surface area contributed by atoms with Crippen molar-refractivity contribution in [3.8, 4) is 0 Å². The van der Waals surface area contributed by atoms with Crippen LogP contribution in [0.2, 0.25) is 0 Å². The molecule has 0 aromatic heterocycles. The monoisotopic (exact) mass is 282 g/mol. The third-order valence-electron chi connectivity index (χ3n) is 2.87. The van der Waals surface area contributed by atoms with Crippen molar-refractivity contribution < 1.29 is 4.79 Å². The minimum atomic E-state index is -0.0469. The number of nitrogens with zero attached hydrogens (tertiary/aromatic N) is 1. The fourth-order valence-corrected chi connectivity index (χ4v) is 2.30. The van der Waals surface area contributed by atoms with Crippen molar-refractivity contribution in [1.29, 1.82) is 0 Å². The van der Waals surface area contributed by atoms with Gasteiger partial charge in [-0.1, -0.05) is 22.0 Å². The molecular formula is C12H15BrN2O. The van der Waals surface area contributed by atoms with Crippen LogP contribution in [0.5, 0.6) is 0 Å². The van der Waals surface area contributed by atoms with Crippen molar-refractivity contribution in [2.45, 2.75) is 19.4 Å². The van der Waals surface area contributed by atoms with Gasteiger partial charge in [0.25, 0.3) is 0 Å². The van der Waals surface area contributed by atoms with Crippen molar-refractivity contribution in [2.24, 2.45) is 0 Å². The molecule has 4 heteroatoms. The molecule has 1 aliphatic heterocycles. The fourth-order valence-electron chi connectivity index (χ4n) is 1.91. The maximum absolute atomic E-state index is 11.5. The van der Waals surface area contributed by atoms with Crippen molar-refractivity contribution in [1.82, 2.24) is 5.32 Å². The van der Waals surface area contributed by atoms with Crippen molar-refractivity contribution in [3.63, 3.8) is 0 Å². The Balaban J connectivity index is 2.33. The van der Waals surface area contributed by atoms with Gasteiger partial charge in [0.05, 0.1) is 12.1 Å². The molecule has 1 aromatic rings. The Morgan fingerprint density at radius 2 is 2.19 bits per heavy atom. The predicted octanol–water partition coefficient (Wildman–Crippen LogP) is 2.16. The van der Waals surface area contributed by atoms with Crippen LogP contribution in [0.4, 0.5) is 5.69 Å². The molecule has 1 aliphatic rings. The largest absolute Gasteiger partial charge is 0.355 e. The third-order valence-corrected chi connectivity index (χ3v) is 3.36. The second-order valence-electron chi connectivity index (χ2n) is 4.66. The molecule has 0 aliphatic carbocycles. The van der Waals surface area contributed by atoms with E-state index in [1.807, 2.05) is 24.3 Å². The van der Waals surface area contributed by atoms with Crippen LogP contribution in [-0.2, 0) is 4.79 Å². The second kappa shape index (κ2) is 4.09. The maximum Gasteiger partial charge on any atom is 0.239 e. The lowest BCUT2D eigenvalue weighted by Crippen LogP contribution is -2.60. The summed E-state index contributed by atoms with van der Waals surface area (Å²) in [6, 6.07) is 8.05. The molecule has 0 unspecified atom stereocenters. The highest BCUT2D eigenvalue weighted by Gasteiger charge is 2.33. The van der Waals surface area contributed by atoms with Gasteiger partial charge in [-0.3, -0.25) is 4.79 Å². The first-order valence-electron chi connectivity index (χ1n) is 5.29. The molecule has 1 N–H and O–H groups in total. The van der Waals surface area contributed by atoms with E-state index in [1.54, 1.807) is 0 Å². The molecule has 86 valence electrons. The molecule has 1 amide bonds. The number of piperazine rings is 1. The van der Waals surface area contributed by atoms with Crippen LogP contribution in [-0.4, -0.2) is 24.5 Å². The van der Waals surface area contributed by atoms with Gasteiger partial charge in [-0.15, -0.1) is 0 Å². The highest BCUT2D eigenvalue weighted by molar-refractivity contribution is 9.10. The highest BCUT2D eigenvalue weighted by Crippen LogP contribution is 2.27. The fraction of sp³-hybridized carbons (Fsp3) is 0.417. The van der Waals surface area contributed by atoms with Crippen molar-refractivity contribution >= 4 is 27.5 Å². The van der Waals surface area contributed by atoms with E-state index in [0.29, 0.717) is 13.1 Å². The lowest BCUT2D eigenvalue weighted by Gasteiger charge is -2.43. The molecule has 1 saturated heterocycles. The molecule has 0 saturated carbocycles. The zero-order chi connectivity index (χ0) is 11.8. The molecule has 16 heavy (non-hydrogen) atoms. The van der Waals surface area contributed by atoms with Crippen LogP contribution in [0.25, 0.3) is 0 Å². The Kier molecular flexibility index (Phi) is 2.93. The van der Waals surface area contributed by atoms with Crippen LogP contribution < -0.4 is 10.2 Å². The average molecular weight is 283 g/mol. The number of carbonyl (C=O) groups excluding carboxylic acids is 1. The lowest BCUT2D eigenvalue weighted by atomic mass is 9.99. The zero-order valence-corrected chi connectivity index (χ0v) is 11.0. The number of carbonyl (C=O) groups is 1. The maximum atomic E-state index is 11.5. The van der Waals surface area contributed by atoms with Crippen LogP contribution in [0.15, 0.2) is 28.7 Å². The van der Waals surface area contributed by atoms with Crippen LogP contribution in [0.3, 0.4) is 0 Å². The molecule has 2 rings (SSSR count). The average Bonchev–Trinajstić information content (AvgIpc) is 2.22. The zero-order valence-electron chi connectivity index (χ0n) is 9.46. The summed E-state index contributed by atoms with van der Waals surface area (Å²) in [4.78, 5) is 13.6. The summed E-state index contributed by atoms with van der Waals surface area (Å²) in [7, 11) is 0. The molecular weight excluding hydrogens is 268 g/mol. The number of rotatable bonds is 1. The van der Waals surface area contributed by atoms with Gasteiger partial charge < -0.3 is 10.2 Å². The Morgan fingerprint density at radius 3 is 2.88 bits per heavy atom. The molecule has 0 atom stereocenters. The minimum absolute atomic E-state index is 0.0469. The first kappa shape index (κ1) is 11.5. The number of hydrogen-bond donors (Lipinski definition) is 1. The van der Waals surface area contributed by atoms with Crippen molar-refractivity contribution in [3.05, 3.63) is 28.7 Å². The summed E-state index contributed by atoms with van der Waals surface area (Å²) in [5.41, 5.74) is 1.03. The molecule has 3 nitrogen and oxygen atoms in total. The lowest BCUT2D eigenvalue weighted by molar-refractivity contribution is -0.121. The van der Waals surface area contributed by atoms with Gasteiger partial charge in [0.1, 0.15) is 0 Å². The van der Waals surface area contributed by atoms with Gasteiger partial charge in [-0.25, -0.2) is 0 Å². The van der Waals surface area contributed by atoms with E-state index in [1.165, 1.54) is 0 Å². The minimum Gasteiger partial charge on any atom is -0.355 e. The number of amides is 1. The molecule has 0 spiro atoms. The highest BCUT2D eigenvalue weighted by atomic mass is 79.9. The third kappa shape index (κ3) is 2.21. The Hall–Kier alpha value is -1.03. The first-order valence-corrected chi connectivity index (χ1v) is 6.08. The summed E-state index contributed by atoms with van der Waals surface area (Å²) in [6.07, 6.45) is 0. The number of halogens is 1. The summed E-state index contributed by atoms with van der Waals surface area (Å²) >= 11 is 3.45. The van der Waals surface area contributed by atoms with Gasteiger partial charge in [-0.05, 0) is 32.0 Å². The topological polar surface area (TPSA) is 32.3 Å². The quantitative estimate of drug-likeness (QED) is 0.856. The van der Waals surface area contributed by atoms with E-state index in [4.69, 9.17) is 0 Å². The van der Waals surface area contributed by atoms with Gasteiger partial charge >= 0.3 is 0 Å². The van der Waals surface area contributed by atoms with E-state index in [9.17, 15) is 4.79 Å². The molecule has 1 heterocycles. The van der Waals surface area contributed by atoms with Crippen LogP contribution >= 0.6 is 15.9 Å². The van der Waals surface area contributed by atoms with Crippen molar-refractivity contribution in [2.75, 3.05) is 18.0 Å². The Bertz CT molecular complexity index is 417. The summed E-state index contributed by atoms with van der Waals surface area (Å²) < 4.78 is 1.03. The van der Waals surface area contributed by atoms with E-state index >= 15 is 0 Å². The number of hydrogen-bond acceptors (Lipinski definition) is 2. The first-order chi connectivity index (χ1) is 7.49. The van der Waals surface area contributed by atoms with E-state index in [2.05, 4.69) is 40.0 Å². The molecule has 1 aromatic carbocycles. The van der Waals surface area contributed by atoms with Gasteiger partial charge in [0.15, 0.2) is 0 Å². The number of benzene rings is 1. The Morgan fingerprint density at radius 1 is 1.44 bits per heavy atom. The standard InChI is InChI=1S/C12H15BrN2O/c1-12(2)8-14-11(16)7-15(12)10-5-3-4-9(13)6-10/h3-6H,7-8H2,1-2H3,(H,14,16). The SMILES string of the molecule is CC1(C)CNC(=O)CN1c1cccc(Br)c1. The van der Waals surface area contributed by atoms with E-state index < -0.39 is 0 Å². The summed E-state index contributed by atoms with van der Waals surface area (Å²) in [5.74, 6) is 0.0827. The van der Waals surface area contributed by atoms with Crippen LogP contribution in [0.1, 0.15) is 13.8 Å². The normalized spacial score (nSPS) is 19.4. The molecule has 0 radical (unpaired) electrons. The number of anilines is 1. The number of nitrogens with one attached hydrogen (secondary N) is 1. The smallest absolute Gasteiger partial charge is 0.239 e. The summed E-state index contributed by atoms with van der Waals surface area (Å²) in [6.45, 7) is 5.36. The molecule has 1 fully saturated rings. The van der Waals surface area contributed by atoms with E-state index in [0.717, 1.165) is 10.2 Å². The van der Waals surface area contributed by atoms with Gasteiger partial charge in [0.2, 0.25) is 5.91 Å². The van der Waals surface area contributed by atoms with Gasteiger partial charge in [-0.2, -0.15) is 0 Å². The second-order valence-corrected chi connectivity index (χ2v) is 5.57. The molecule has 0 bridgehead atoms. The predicted molar refractivity (Wildman–Crippen MR) is 68.6 cm³/mol. The summed E-state index contributed by atoms with van der Waals surface area (Å²) in [5, 5.41) is 2.89. The Labute approximate surface area is 104 Å².